The second-order valence-corrected chi connectivity index (χ2v) is 6.97. The van der Waals surface area contributed by atoms with Crippen LogP contribution in [0.2, 0.25) is 0 Å². The number of halogens is 1. The second-order valence-electron chi connectivity index (χ2n) is 6.97. The van der Waals surface area contributed by atoms with Gasteiger partial charge in [-0.1, -0.05) is 30.3 Å². The molecule has 1 aromatic heterocycles. The average Bonchev–Trinajstić information content (AvgIpc) is 3.33. The Labute approximate surface area is 170 Å². The first-order chi connectivity index (χ1) is 13.2. The molecule has 7 heteroatoms. The molecule has 0 aliphatic carbocycles. The van der Waals surface area contributed by atoms with Crippen LogP contribution < -0.4 is 15.4 Å². The quantitative estimate of drug-likeness (QED) is 0.624. The maximum absolute atomic E-state index is 12.6. The summed E-state index contributed by atoms with van der Waals surface area (Å²) in [6.07, 6.45) is 3.83. The number of aryl methyl sites for hydroxylation is 1. The number of carbonyl (C=O) groups excluding carboxylic acids is 1. The van der Waals surface area contributed by atoms with Crippen molar-refractivity contribution < 1.29 is 9.53 Å². The molecule has 1 aliphatic rings. The van der Waals surface area contributed by atoms with Crippen molar-refractivity contribution in [3.05, 3.63) is 60.4 Å². The summed E-state index contributed by atoms with van der Waals surface area (Å²) in [6.45, 7) is 2.43. The van der Waals surface area contributed by atoms with E-state index in [2.05, 4.69) is 27.9 Å². The minimum Gasteiger partial charge on any atom is -0.492 e. The fourth-order valence-electron chi connectivity index (χ4n) is 3.67. The lowest BCUT2D eigenvalue weighted by Gasteiger charge is -2.17. The molecule has 0 saturated carbocycles. The molecule has 6 nitrogen and oxygen atoms in total. The van der Waals surface area contributed by atoms with E-state index in [1.165, 1.54) is 5.39 Å². The lowest BCUT2D eigenvalue weighted by atomic mass is 9.90. The molecule has 1 aliphatic heterocycles. The van der Waals surface area contributed by atoms with Crippen molar-refractivity contribution >= 4 is 29.1 Å². The third-order valence-corrected chi connectivity index (χ3v) is 5.09. The predicted molar refractivity (Wildman–Crippen MR) is 112 cm³/mol. The summed E-state index contributed by atoms with van der Waals surface area (Å²) in [7, 11) is 1.89. The van der Waals surface area contributed by atoms with Crippen LogP contribution in [0.1, 0.15) is 11.5 Å². The van der Waals surface area contributed by atoms with Gasteiger partial charge in [0.25, 0.3) is 0 Å². The molecular weight excluding hydrogens is 376 g/mol. The molecule has 0 radical (unpaired) electrons. The van der Waals surface area contributed by atoms with E-state index in [0.717, 1.165) is 23.2 Å². The SMILES string of the molecule is Cl.Cn1cc([C@H]2CNC[C@@H]2C(=O)NCCOc2ccc3ccccc3c2)cn1. The molecule has 4 rings (SSSR count). The van der Waals surface area contributed by atoms with E-state index in [9.17, 15) is 4.79 Å². The van der Waals surface area contributed by atoms with Gasteiger partial charge in [0.15, 0.2) is 0 Å². The number of fused-ring (bicyclic) bond motifs is 1. The fourth-order valence-corrected chi connectivity index (χ4v) is 3.67. The number of benzene rings is 2. The molecule has 148 valence electrons. The van der Waals surface area contributed by atoms with E-state index < -0.39 is 0 Å². The Morgan fingerprint density at radius 2 is 2.07 bits per heavy atom. The highest BCUT2D eigenvalue weighted by atomic mass is 35.5. The van der Waals surface area contributed by atoms with Gasteiger partial charge in [0.1, 0.15) is 12.4 Å². The van der Waals surface area contributed by atoms with Gasteiger partial charge in [0, 0.05) is 32.3 Å². The Hall–Kier alpha value is -2.57. The summed E-state index contributed by atoms with van der Waals surface area (Å²) in [6, 6.07) is 14.2. The van der Waals surface area contributed by atoms with Crippen molar-refractivity contribution in [3.8, 4) is 5.75 Å². The van der Waals surface area contributed by atoms with Crippen molar-refractivity contribution in [2.75, 3.05) is 26.2 Å². The minimum atomic E-state index is -0.0742. The standard InChI is InChI=1S/C21H24N4O2.ClH/c1-25-14-17(11-24-25)19-12-22-13-20(19)21(26)23-8-9-27-18-7-6-15-4-2-3-5-16(15)10-18;/h2-7,10-11,14,19-20,22H,8-9,12-13H2,1H3,(H,23,26);1H/t19-,20+;/m1./s1. The van der Waals surface area contributed by atoms with Gasteiger partial charge in [-0.25, -0.2) is 0 Å². The van der Waals surface area contributed by atoms with Gasteiger partial charge in [-0.2, -0.15) is 5.10 Å². The summed E-state index contributed by atoms with van der Waals surface area (Å²) < 4.78 is 7.58. The second kappa shape index (κ2) is 9.08. The Bertz CT molecular complexity index is 943. The van der Waals surface area contributed by atoms with Crippen LogP contribution in [0.25, 0.3) is 10.8 Å². The van der Waals surface area contributed by atoms with Crippen LogP contribution in [0, 0.1) is 5.92 Å². The maximum atomic E-state index is 12.6. The number of hydrogen-bond donors (Lipinski definition) is 2. The minimum absolute atomic E-state index is 0. The lowest BCUT2D eigenvalue weighted by Crippen LogP contribution is -2.36. The zero-order chi connectivity index (χ0) is 18.6. The zero-order valence-corrected chi connectivity index (χ0v) is 16.6. The van der Waals surface area contributed by atoms with Crippen molar-refractivity contribution in [1.29, 1.82) is 0 Å². The Balaban J connectivity index is 0.00000225. The Kier molecular flexibility index (Phi) is 6.54. The highest BCUT2D eigenvalue weighted by molar-refractivity contribution is 5.85. The number of nitrogens with one attached hydrogen (secondary N) is 2. The van der Waals surface area contributed by atoms with Crippen LogP contribution in [0.3, 0.4) is 0 Å². The van der Waals surface area contributed by atoms with Gasteiger partial charge in [-0.3, -0.25) is 9.48 Å². The predicted octanol–water partition coefficient (Wildman–Crippen LogP) is 2.49. The topological polar surface area (TPSA) is 68.2 Å². The van der Waals surface area contributed by atoms with Crippen molar-refractivity contribution in [1.82, 2.24) is 20.4 Å². The number of nitrogens with zero attached hydrogens (tertiary/aromatic N) is 2. The summed E-state index contributed by atoms with van der Waals surface area (Å²) in [5.74, 6) is 0.977. The largest absolute Gasteiger partial charge is 0.492 e. The van der Waals surface area contributed by atoms with Crippen molar-refractivity contribution in [3.63, 3.8) is 0 Å². The van der Waals surface area contributed by atoms with Crippen LogP contribution >= 0.6 is 12.4 Å². The highest BCUT2D eigenvalue weighted by Crippen LogP contribution is 2.27. The average molecular weight is 401 g/mol. The third kappa shape index (κ3) is 4.46. The van der Waals surface area contributed by atoms with Crippen molar-refractivity contribution in [2.45, 2.75) is 5.92 Å². The normalized spacial score (nSPS) is 18.6. The number of amides is 1. The molecule has 2 N–H and O–H groups in total. The van der Waals surface area contributed by atoms with E-state index >= 15 is 0 Å². The fraction of sp³-hybridized carbons (Fsp3) is 0.333. The molecule has 1 saturated heterocycles. The maximum Gasteiger partial charge on any atom is 0.225 e. The van der Waals surface area contributed by atoms with Crippen LogP contribution in [0.15, 0.2) is 54.9 Å². The molecular formula is C21H25ClN4O2. The monoisotopic (exact) mass is 400 g/mol. The molecule has 0 spiro atoms. The Morgan fingerprint density at radius 1 is 1.25 bits per heavy atom. The number of ether oxygens (including phenoxy) is 1. The summed E-state index contributed by atoms with van der Waals surface area (Å²) in [5.41, 5.74) is 1.11. The van der Waals surface area contributed by atoms with Crippen LogP contribution in [0.4, 0.5) is 0 Å². The van der Waals surface area contributed by atoms with E-state index in [1.54, 1.807) is 4.68 Å². The van der Waals surface area contributed by atoms with Gasteiger partial charge in [-0.05, 0) is 28.5 Å². The van der Waals surface area contributed by atoms with E-state index in [4.69, 9.17) is 4.74 Å². The lowest BCUT2D eigenvalue weighted by molar-refractivity contribution is -0.124. The molecule has 2 heterocycles. The number of aromatic nitrogens is 2. The highest BCUT2D eigenvalue weighted by Gasteiger charge is 2.34. The number of hydrogen-bond acceptors (Lipinski definition) is 4. The van der Waals surface area contributed by atoms with Gasteiger partial charge in [0.05, 0.1) is 18.7 Å². The molecule has 1 fully saturated rings. The molecule has 0 unspecified atom stereocenters. The van der Waals surface area contributed by atoms with Gasteiger partial charge in [-0.15, -0.1) is 12.4 Å². The summed E-state index contributed by atoms with van der Waals surface area (Å²) >= 11 is 0. The first-order valence-electron chi connectivity index (χ1n) is 9.29. The molecule has 0 bridgehead atoms. The number of rotatable bonds is 6. The first-order valence-corrected chi connectivity index (χ1v) is 9.29. The molecule has 2 atom stereocenters. The van der Waals surface area contributed by atoms with Crippen LogP contribution in [-0.2, 0) is 11.8 Å². The van der Waals surface area contributed by atoms with Gasteiger partial charge < -0.3 is 15.4 Å². The third-order valence-electron chi connectivity index (χ3n) is 5.09. The van der Waals surface area contributed by atoms with Crippen LogP contribution in [0.5, 0.6) is 5.75 Å². The van der Waals surface area contributed by atoms with Gasteiger partial charge in [0.2, 0.25) is 5.91 Å². The van der Waals surface area contributed by atoms with E-state index in [0.29, 0.717) is 19.7 Å². The number of carbonyl (C=O) groups is 1. The zero-order valence-electron chi connectivity index (χ0n) is 15.8. The van der Waals surface area contributed by atoms with Crippen molar-refractivity contribution in [2.24, 2.45) is 13.0 Å². The molecule has 1 amide bonds. The van der Waals surface area contributed by atoms with E-state index in [1.807, 2.05) is 49.8 Å². The van der Waals surface area contributed by atoms with Crippen LogP contribution in [-0.4, -0.2) is 41.9 Å². The van der Waals surface area contributed by atoms with E-state index in [-0.39, 0.29) is 30.2 Å². The molecule has 28 heavy (non-hydrogen) atoms. The molecule has 3 aromatic rings. The smallest absolute Gasteiger partial charge is 0.225 e. The molecule has 2 aromatic carbocycles. The summed E-state index contributed by atoms with van der Waals surface area (Å²) in [5, 5.41) is 12.9. The summed E-state index contributed by atoms with van der Waals surface area (Å²) in [4.78, 5) is 12.6. The first kappa shape index (κ1) is 20.2. The van der Waals surface area contributed by atoms with Gasteiger partial charge >= 0.3 is 0 Å². The Morgan fingerprint density at radius 3 is 2.86 bits per heavy atom.